The molecule has 2 aliphatic rings. The Morgan fingerprint density at radius 1 is 1.25 bits per heavy atom. The summed E-state index contributed by atoms with van der Waals surface area (Å²) >= 11 is 0. The molecule has 0 unspecified atom stereocenters. The molecule has 1 aromatic carbocycles. The van der Waals surface area contributed by atoms with E-state index in [2.05, 4.69) is 35.5 Å². The number of hydrogen-bond acceptors (Lipinski definition) is 3. The molecule has 2 fully saturated rings. The van der Waals surface area contributed by atoms with Gasteiger partial charge in [-0.2, -0.15) is 0 Å². The molecule has 0 spiro atoms. The molecule has 3 rings (SSSR count). The Balaban J connectivity index is 1.47. The number of nitrogens with zero attached hydrogens (tertiary/aromatic N) is 1. The Labute approximate surface area is 122 Å². The average molecular weight is 274 g/mol. The number of nitrogens with one attached hydrogen (secondary N) is 1. The van der Waals surface area contributed by atoms with Crippen molar-refractivity contribution < 1.29 is 4.74 Å². The van der Waals surface area contributed by atoms with Crippen LogP contribution in [0.3, 0.4) is 0 Å². The molecule has 2 saturated carbocycles. The van der Waals surface area contributed by atoms with Crippen LogP contribution in [0.5, 0.6) is 5.75 Å². The molecule has 0 aromatic heterocycles. The van der Waals surface area contributed by atoms with Crippen LogP contribution < -0.4 is 15.0 Å². The molecular formula is C17H26N2O. The van der Waals surface area contributed by atoms with Crippen molar-refractivity contribution in [3.05, 3.63) is 24.3 Å². The Morgan fingerprint density at radius 3 is 2.55 bits per heavy atom. The number of hydrogen-bond donors (Lipinski definition) is 1. The van der Waals surface area contributed by atoms with E-state index in [0.29, 0.717) is 0 Å². The smallest absolute Gasteiger partial charge is 0.120 e. The molecule has 0 amide bonds. The summed E-state index contributed by atoms with van der Waals surface area (Å²) in [5, 5.41) is 3.80. The van der Waals surface area contributed by atoms with Gasteiger partial charge in [-0.3, -0.25) is 0 Å². The lowest BCUT2D eigenvalue weighted by Crippen LogP contribution is -2.38. The number of anilines is 1. The SMILES string of the molecule is COc1cccc(N(C)CCNC(C2CC2)C2CC2)c1. The van der Waals surface area contributed by atoms with Gasteiger partial charge in [-0.15, -0.1) is 0 Å². The fraction of sp³-hybridized carbons (Fsp3) is 0.647. The predicted molar refractivity (Wildman–Crippen MR) is 83.5 cm³/mol. The minimum Gasteiger partial charge on any atom is -0.497 e. The molecule has 0 radical (unpaired) electrons. The number of methoxy groups -OCH3 is 1. The topological polar surface area (TPSA) is 24.5 Å². The van der Waals surface area contributed by atoms with Gasteiger partial charge in [-0.25, -0.2) is 0 Å². The maximum Gasteiger partial charge on any atom is 0.120 e. The minimum absolute atomic E-state index is 0.800. The second-order valence-electron chi connectivity index (χ2n) is 6.28. The summed E-state index contributed by atoms with van der Waals surface area (Å²) < 4.78 is 5.28. The largest absolute Gasteiger partial charge is 0.497 e. The van der Waals surface area contributed by atoms with Gasteiger partial charge in [0, 0.05) is 37.9 Å². The first-order valence-electron chi connectivity index (χ1n) is 7.86. The van der Waals surface area contributed by atoms with E-state index < -0.39 is 0 Å². The highest BCUT2D eigenvalue weighted by Crippen LogP contribution is 2.44. The highest BCUT2D eigenvalue weighted by Gasteiger charge is 2.40. The summed E-state index contributed by atoms with van der Waals surface area (Å²) in [7, 11) is 3.87. The number of rotatable bonds is 8. The van der Waals surface area contributed by atoms with E-state index in [-0.39, 0.29) is 0 Å². The van der Waals surface area contributed by atoms with Crippen LogP contribution in [-0.2, 0) is 0 Å². The lowest BCUT2D eigenvalue weighted by atomic mass is 10.1. The Bertz CT molecular complexity index is 428. The maximum atomic E-state index is 5.28. The molecule has 0 heterocycles. The molecule has 3 nitrogen and oxygen atoms in total. The lowest BCUT2D eigenvalue weighted by molar-refractivity contribution is 0.414. The Morgan fingerprint density at radius 2 is 1.95 bits per heavy atom. The number of benzene rings is 1. The molecular weight excluding hydrogens is 248 g/mol. The second kappa shape index (κ2) is 6.04. The molecule has 0 saturated heterocycles. The van der Waals surface area contributed by atoms with Crippen molar-refractivity contribution in [2.75, 3.05) is 32.1 Å². The summed E-state index contributed by atoms with van der Waals surface area (Å²) in [5.74, 6) is 2.88. The predicted octanol–water partition coefficient (Wildman–Crippen LogP) is 2.91. The van der Waals surface area contributed by atoms with Crippen molar-refractivity contribution in [2.24, 2.45) is 11.8 Å². The van der Waals surface area contributed by atoms with Crippen LogP contribution in [-0.4, -0.2) is 33.3 Å². The van der Waals surface area contributed by atoms with Gasteiger partial charge in [0.1, 0.15) is 5.75 Å². The Hall–Kier alpha value is -1.22. The first-order chi connectivity index (χ1) is 9.78. The number of likely N-dealkylation sites (N-methyl/N-ethyl adjacent to an activating group) is 1. The van der Waals surface area contributed by atoms with Crippen LogP contribution >= 0.6 is 0 Å². The van der Waals surface area contributed by atoms with Crippen molar-refractivity contribution in [2.45, 2.75) is 31.7 Å². The van der Waals surface area contributed by atoms with Gasteiger partial charge in [0.05, 0.1) is 7.11 Å². The van der Waals surface area contributed by atoms with Gasteiger partial charge in [0.15, 0.2) is 0 Å². The lowest BCUT2D eigenvalue weighted by Gasteiger charge is -2.23. The van der Waals surface area contributed by atoms with Crippen LogP contribution in [0.1, 0.15) is 25.7 Å². The fourth-order valence-corrected chi connectivity index (χ4v) is 3.00. The molecule has 1 N–H and O–H groups in total. The van der Waals surface area contributed by atoms with Crippen molar-refractivity contribution in [3.8, 4) is 5.75 Å². The van der Waals surface area contributed by atoms with E-state index in [1.165, 1.54) is 31.4 Å². The Kier molecular flexibility index (Phi) is 4.16. The van der Waals surface area contributed by atoms with Crippen molar-refractivity contribution >= 4 is 5.69 Å². The normalized spacial score (nSPS) is 18.4. The average Bonchev–Trinajstić information content (AvgIpc) is 3.36. The summed E-state index contributed by atoms with van der Waals surface area (Å²) in [6.45, 7) is 2.12. The van der Waals surface area contributed by atoms with Gasteiger partial charge in [0.2, 0.25) is 0 Å². The molecule has 1 aromatic rings. The molecule has 0 aliphatic heterocycles. The summed E-state index contributed by atoms with van der Waals surface area (Å²) in [5.41, 5.74) is 1.22. The number of ether oxygens (including phenoxy) is 1. The van der Waals surface area contributed by atoms with Gasteiger partial charge < -0.3 is 15.0 Å². The van der Waals surface area contributed by atoms with Crippen molar-refractivity contribution in [1.29, 1.82) is 0 Å². The van der Waals surface area contributed by atoms with Gasteiger partial charge >= 0.3 is 0 Å². The monoisotopic (exact) mass is 274 g/mol. The van der Waals surface area contributed by atoms with E-state index in [4.69, 9.17) is 4.74 Å². The van der Waals surface area contributed by atoms with Crippen molar-refractivity contribution in [1.82, 2.24) is 5.32 Å². The molecule has 2 aliphatic carbocycles. The third-order valence-electron chi connectivity index (χ3n) is 4.58. The minimum atomic E-state index is 0.800. The molecule has 20 heavy (non-hydrogen) atoms. The standard InChI is InChI=1S/C17H26N2O/c1-19(15-4-3-5-16(12-15)20-2)11-10-18-17(13-6-7-13)14-8-9-14/h3-5,12-14,17-18H,6-11H2,1-2H3. The van der Waals surface area contributed by atoms with Crippen LogP contribution in [0.15, 0.2) is 24.3 Å². The first kappa shape index (κ1) is 13.7. The second-order valence-corrected chi connectivity index (χ2v) is 6.28. The zero-order valence-electron chi connectivity index (χ0n) is 12.6. The van der Waals surface area contributed by atoms with E-state index in [1.54, 1.807) is 7.11 Å². The zero-order chi connectivity index (χ0) is 13.9. The van der Waals surface area contributed by atoms with Crippen LogP contribution in [0.4, 0.5) is 5.69 Å². The van der Waals surface area contributed by atoms with Gasteiger partial charge in [-0.1, -0.05) is 6.07 Å². The van der Waals surface area contributed by atoms with Gasteiger partial charge in [-0.05, 0) is 49.7 Å². The summed E-state index contributed by atoms with van der Waals surface area (Å²) in [6.07, 6.45) is 5.78. The van der Waals surface area contributed by atoms with Crippen LogP contribution in [0.2, 0.25) is 0 Å². The fourth-order valence-electron chi connectivity index (χ4n) is 3.00. The molecule has 0 bridgehead atoms. The van der Waals surface area contributed by atoms with Crippen LogP contribution in [0, 0.1) is 11.8 Å². The third-order valence-corrected chi connectivity index (χ3v) is 4.58. The zero-order valence-corrected chi connectivity index (χ0v) is 12.6. The van der Waals surface area contributed by atoms with E-state index in [1.807, 2.05) is 6.07 Å². The van der Waals surface area contributed by atoms with Crippen molar-refractivity contribution in [3.63, 3.8) is 0 Å². The maximum absolute atomic E-state index is 5.28. The molecule has 3 heteroatoms. The molecule has 110 valence electrons. The highest BCUT2D eigenvalue weighted by atomic mass is 16.5. The summed E-state index contributed by atoms with van der Waals surface area (Å²) in [4.78, 5) is 2.30. The van der Waals surface area contributed by atoms with Crippen LogP contribution in [0.25, 0.3) is 0 Å². The highest BCUT2D eigenvalue weighted by molar-refractivity contribution is 5.50. The van der Waals surface area contributed by atoms with E-state index >= 15 is 0 Å². The first-order valence-corrected chi connectivity index (χ1v) is 7.86. The quantitative estimate of drug-likeness (QED) is 0.789. The van der Waals surface area contributed by atoms with Gasteiger partial charge in [0.25, 0.3) is 0 Å². The third kappa shape index (κ3) is 3.45. The van der Waals surface area contributed by atoms with E-state index in [0.717, 1.165) is 36.7 Å². The molecule has 0 atom stereocenters. The van der Waals surface area contributed by atoms with E-state index in [9.17, 15) is 0 Å². The summed E-state index contributed by atoms with van der Waals surface area (Å²) in [6, 6.07) is 9.08.